The molecule has 0 aliphatic rings. The molecule has 0 saturated carbocycles. The normalized spacial score (nSPS) is 12.5. The number of carbonyl (C=O) groups excluding carboxylic acids is 2. The van der Waals surface area contributed by atoms with Crippen LogP contribution in [0.4, 0.5) is 0 Å². The van der Waals surface area contributed by atoms with Gasteiger partial charge in [-0.05, 0) is 25.7 Å². The molecule has 1 amide bonds. The van der Waals surface area contributed by atoms with Crippen molar-refractivity contribution in [2.45, 2.75) is 334 Å². The van der Waals surface area contributed by atoms with Gasteiger partial charge in [0.2, 0.25) is 5.91 Å². The van der Waals surface area contributed by atoms with E-state index in [1.807, 2.05) is 0 Å². The minimum absolute atomic E-state index is 0.000373. The van der Waals surface area contributed by atoms with Crippen LogP contribution in [0.15, 0.2) is 0 Å². The summed E-state index contributed by atoms with van der Waals surface area (Å²) in [5, 5.41) is 23.3. The molecule has 2 unspecified atom stereocenters. The van der Waals surface area contributed by atoms with Crippen LogP contribution in [0, 0.1) is 0 Å². The molecule has 0 aliphatic carbocycles. The van der Waals surface area contributed by atoms with Crippen LogP contribution in [0.3, 0.4) is 0 Å². The first-order chi connectivity index (χ1) is 30.5. The third-order valence-electron chi connectivity index (χ3n) is 13.4. The topological polar surface area (TPSA) is 95.9 Å². The van der Waals surface area contributed by atoms with Crippen LogP contribution < -0.4 is 5.32 Å². The van der Waals surface area contributed by atoms with E-state index in [2.05, 4.69) is 19.2 Å². The first kappa shape index (κ1) is 60.9. The van der Waals surface area contributed by atoms with Gasteiger partial charge < -0.3 is 20.3 Å². The van der Waals surface area contributed by atoms with E-state index in [4.69, 9.17) is 4.74 Å². The van der Waals surface area contributed by atoms with E-state index in [1.54, 1.807) is 0 Å². The van der Waals surface area contributed by atoms with Crippen LogP contribution in [0.5, 0.6) is 0 Å². The smallest absolute Gasteiger partial charge is 0.305 e. The molecule has 0 saturated heterocycles. The minimum atomic E-state index is -0.670. The predicted molar refractivity (Wildman–Crippen MR) is 269 cm³/mol. The van der Waals surface area contributed by atoms with Crippen molar-refractivity contribution in [2.24, 2.45) is 0 Å². The SMILES string of the molecule is CCCCCCCCCCCCCCCCCCCCCC(O)C(CO)NC(=O)CCCCCCCCCCCCCCCCOC(=O)CCCCCCCCCCCCCC. The van der Waals surface area contributed by atoms with E-state index < -0.39 is 12.1 Å². The van der Waals surface area contributed by atoms with Gasteiger partial charge in [-0.1, -0.05) is 284 Å². The summed E-state index contributed by atoms with van der Waals surface area (Å²) in [6.07, 6.45) is 59.4. The van der Waals surface area contributed by atoms with E-state index in [0.717, 1.165) is 51.4 Å². The Hall–Kier alpha value is -1.14. The van der Waals surface area contributed by atoms with E-state index >= 15 is 0 Å². The Labute approximate surface area is 387 Å². The quantitative estimate of drug-likeness (QED) is 0.0418. The summed E-state index contributed by atoms with van der Waals surface area (Å²) in [4.78, 5) is 24.5. The van der Waals surface area contributed by atoms with Gasteiger partial charge in [0.15, 0.2) is 0 Å². The third-order valence-corrected chi connectivity index (χ3v) is 13.4. The highest BCUT2D eigenvalue weighted by molar-refractivity contribution is 5.76. The fourth-order valence-corrected chi connectivity index (χ4v) is 9.05. The van der Waals surface area contributed by atoms with Crippen LogP contribution in [-0.4, -0.2) is 47.4 Å². The van der Waals surface area contributed by atoms with Crippen molar-refractivity contribution in [3.05, 3.63) is 0 Å². The maximum absolute atomic E-state index is 12.5. The fourth-order valence-electron chi connectivity index (χ4n) is 9.05. The lowest BCUT2D eigenvalue weighted by Gasteiger charge is -2.22. The number of hydrogen-bond acceptors (Lipinski definition) is 5. The van der Waals surface area contributed by atoms with Gasteiger partial charge in [0.05, 0.1) is 25.4 Å². The molecule has 0 bridgehead atoms. The summed E-state index contributed by atoms with van der Waals surface area (Å²) in [7, 11) is 0. The summed E-state index contributed by atoms with van der Waals surface area (Å²) < 4.78 is 5.46. The molecule has 6 heteroatoms. The molecule has 0 spiro atoms. The monoisotopic (exact) mass is 878 g/mol. The Balaban J connectivity index is 3.43. The molecule has 6 nitrogen and oxygen atoms in total. The molecule has 62 heavy (non-hydrogen) atoms. The number of aliphatic hydroxyl groups excluding tert-OH is 2. The Morgan fingerprint density at radius 2 is 0.661 bits per heavy atom. The molecule has 3 N–H and O–H groups in total. The lowest BCUT2D eigenvalue weighted by atomic mass is 10.0. The number of hydrogen-bond donors (Lipinski definition) is 3. The highest BCUT2D eigenvalue weighted by Crippen LogP contribution is 2.18. The van der Waals surface area contributed by atoms with Crippen LogP contribution in [0.1, 0.15) is 322 Å². The molecule has 0 radical (unpaired) electrons. The molecule has 0 fully saturated rings. The van der Waals surface area contributed by atoms with Crippen molar-refractivity contribution in [1.29, 1.82) is 0 Å². The maximum atomic E-state index is 12.5. The maximum Gasteiger partial charge on any atom is 0.305 e. The van der Waals surface area contributed by atoms with Crippen molar-refractivity contribution in [2.75, 3.05) is 13.2 Å². The zero-order chi connectivity index (χ0) is 45.1. The van der Waals surface area contributed by atoms with Crippen LogP contribution in [0.2, 0.25) is 0 Å². The van der Waals surface area contributed by atoms with Gasteiger partial charge in [-0.25, -0.2) is 0 Å². The average molecular weight is 879 g/mol. The number of esters is 1. The first-order valence-corrected chi connectivity index (χ1v) is 28.3. The third kappa shape index (κ3) is 48.3. The van der Waals surface area contributed by atoms with Gasteiger partial charge in [0.25, 0.3) is 0 Å². The fraction of sp³-hybridized carbons (Fsp3) is 0.964. The molecule has 370 valence electrons. The zero-order valence-electron chi connectivity index (χ0n) is 42.1. The van der Waals surface area contributed by atoms with Crippen molar-refractivity contribution in [3.63, 3.8) is 0 Å². The number of amides is 1. The van der Waals surface area contributed by atoms with E-state index in [0.29, 0.717) is 25.9 Å². The lowest BCUT2D eigenvalue weighted by Crippen LogP contribution is -2.45. The first-order valence-electron chi connectivity index (χ1n) is 28.3. The van der Waals surface area contributed by atoms with Crippen LogP contribution in [0.25, 0.3) is 0 Å². The summed E-state index contributed by atoms with van der Waals surface area (Å²) in [5.74, 6) is -0.0421. The van der Waals surface area contributed by atoms with Gasteiger partial charge in [-0.2, -0.15) is 0 Å². The Morgan fingerprint density at radius 1 is 0.387 bits per heavy atom. The molecule has 0 aromatic carbocycles. The molecule has 0 aromatic heterocycles. The summed E-state index contributed by atoms with van der Waals surface area (Å²) in [6, 6.07) is -0.548. The van der Waals surface area contributed by atoms with Crippen LogP contribution >= 0.6 is 0 Å². The minimum Gasteiger partial charge on any atom is -0.466 e. The van der Waals surface area contributed by atoms with Gasteiger partial charge in [-0.15, -0.1) is 0 Å². The Kier molecular flexibility index (Phi) is 51.5. The zero-order valence-corrected chi connectivity index (χ0v) is 42.1. The van der Waals surface area contributed by atoms with E-state index in [9.17, 15) is 19.8 Å². The second kappa shape index (κ2) is 52.5. The molecule has 0 aliphatic heterocycles. The van der Waals surface area contributed by atoms with E-state index in [1.165, 1.54) is 238 Å². The lowest BCUT2D eigenvalue weighted by molar-refractivity contribution is -0.143. The van der Waals surface area contributed by atoms with Crippen LogP contribution in [-0.2, 0) is 14.3 Å². The number of unbranched alkanes of at least 4 members (excludes halogenated alkanes) is 42. The van der Waals surface area contributed by atoms with Gasteiger partial charge in [0.1, 0.15) is 0 Å². The molecular formula is C56H111NO5. The average Bonchev–Trinajstić information content (AvgIpc) is 3.27. The van der Waals surface area contributed by atoms with Crippen molar-refractivity contribution in [3.8, 4) is 0 Å². The van der Waals surface area contributed by atoms with Gasteiger partial charge >= 0.3 is 5.97 Å². The molecule has 0 aromatic rings. The highest BCUT2D eigenvalue weighted by atomic mass is 16.5. The Morgan fingerprint density at radius 3 is 0.984 bits per heavy atom. The predicted octanol–water partition coefficient (Wildman–Crippen LogP) is 17.1. The second-order valence-electron chi connectivity index (χ2n) is 19.6. The number of aliphatic hydroxyl groups is 2. The summed E-state index contributed by atoms with van der Waals surface area (Å²) in [5.41, 5.74) is 0. The number of nitrogens with one attached hydrogen (secondary N) is 1. The molecule has 0 heterocycles. The van der Waals surface area contributed by atoms with Gasteiger partial charge in [-0.3, -0.25) is 9.59 Å². The number of carbonyl (C=O) groups is 2. The van der Waals surface area contributed by atoms with Gasteiger partial charge in [0, 0.05) is 12.8 Å². The largest absolute Gasteiger partial charge is 0.466 e. The summed E-state index contributed by atoms with van der Waals surface area (Å²) in [6.45, 7) is 4.95. The second-order valence-corrected chi connectivity index (χ2v) is 19.6. The molecule has 2 atom stereocenters. The molecular weight excluding hydrogens is 767 g/mol. The van der Waals surface area contributed by atoms with E-state index in [-0.39, 0.29) is 18.5 Å². The Bertz CT molecular complexity index is 882. The number of rotatable bonds is 53. The van der Waals surface area contributed by atoms with Crippen molar-refractivity contribution < 1.29 is 24.5 Å². The van der Waals surface area contributed by atoms with Crippen molar-refractivity contribution >= 4 is 11.9 Å². The summed E-state index contributed by atoms with van der Waals surface area (Å²) >= 11 is 0. The standard InChI is InChI=1S/C56H111NO5/c1-3-5-7-9-11-13-15-17-18-19-20-21-22-25-28-32-36-40-44-48-54(59)53(52-58)57-55(60)49-45-41-37-33-29-26-23-24-27-31-35-39-43-47-51-62-56(61)50-46-42-38-34-30-16-14-12-10-8-6-4-2/h53-54,58-59H,3-52H2,1-2H3,(H,57,60). The number of ether oxygens (including phenoxy) is 1. The molecule has 0 rings (SSSR count). The van der Waals surface area contributed by atoms with Crippen molar-refractivity contribution in [1.82, 2.24) is 5.32 Å². The highest BCUT2D eigenvalue weighted by Gasteiger charge is 2.20.